The molecule has 19 heavy (non-hydrogen) atoms. The van der Waals surface area contributed by atoms with Gasteiger partial charge in [0, 0.05) is 22.6 Å². The Labute approximate surface area is 122 Å². The van der Waals surface area contributed by atoms with Gasteiger partial charge in [-0.15, -0.1) is 0 Å². The van der Waals surface area contributed by atoms with Crippen LogP contribution in [0.3, 0.4) is 0 Å². The zero-order valence-electron chi connectivity index (χ0n) is 11.2. The fraction of sp³-hybridized carbons (Fsp3) is 0.533. The standard InChI is InChI=1S/C15H19BrFNO/c1-2-5-14-6-3-4-7-18(14)15(19)11-8-12(16)10-13(17)9-11/h8-10,14H,2-7H2,1H3/t14-/m1/s1. The molecule has 2 rings (SSSR count). The van der Waals surface area contributed by atoms with Crippen LogP contribution >= 0.6 is 15.9 Å². The summed E-state index contributed by atoms with van der Waals surface area (Å²) in [6.07, 6.45) is 5.39. The highest BCUT2D eigenvalue weighted by Gasteiger charge is 2.27. The molecule has 1 aliphatic heterocycles. The van der Waals surface area contributed by atoms with Crippen LogP contribution in [0.2, 0.25) is 0 Å². The summed E-state index contributed by atoms with van der Waals surface area (Å²) in [5.41, 5.74) is 0.440. The fourth-order valence-electron chi connectivity index (χ4n) is 2.74. The van der Waals surface area contributed by atoms with E-state index in [4.69, 9.17) is 0 Å². The van der Waals surface area contributed by atoms with E-state index in [2.05, 4.69) is 22.9 Å². The highest BCUT2D eigenvalue weighted by Crippen LogP contribution is 2.24. The largest absolute Gasteiger partial charge is 0.336 e. The molecule has 1 heterocycles. The van der Waals surface area contributed by atoms with Gasteiger partial charge in [-0.05, 0) is 43.9 Å². The van der Waals surface area contributed by atoms with Gasteiger partial charge in [0.05, 0.1) is 0 Å². The molecule has 0 aliphatic carbocycles. The molecule has 1 atom stereocenters. The first kappa shape index (κ1) is 14.5. The smallest absolute Gasteiger partial charge is 0.254 e. The second kappa shape index (κ2) is 6.51. The summed E-state index contributed by atoms with van der Waals surface area (Å²) in [6, 6.07) is 4.71. The fourth-order valence-corrected chi connectivity index (χ4v) is 3.21. The normalized spacial score (nSPS) is 19.5. The Balaban J connectivity index is 2.20. The Kier molecular flexibility index (Phi) is 4.97. The molecule has 0 bridgehead atoms. The van der Waals surface area contributed by atoms with Crippen molar-refractivity contribution in [2.45, 2.75) is 45.1 Å². The van der Waals surface area contributed by atoms with Crippen molar-refractivity contribution in [2.24, 2.45) is 0 Å². The second-order valence-corrected chi connectivity index (χ2v) is 6.01. The summed E-state index contributed by atoms with van der Waals surface area (Å²) >= 11 is 3.24. The molecule has 1 fully saturated rings. The van der Waals surface area contributed by atoms with Gasteiger partial charge in [-0.2, -0.15) is 0 Å². The number of carbonyl (C=O) groups is 1. The Morgan fingerprint density at radius 1 is 1.42 bits per heavy atom. The maximum atomic E-state index is 13.4. The van der Waals surface area contributed by atoms with Crippen molar-refractivity contribution in [1.29, 1.82) is 0 Å². The Hall–Kier alpha value is -0.900. The lowest BCUT2D eigenvalue weighted by molar-refractivity contribution is 0.0600. The molecule has 1 aromatic carbocycles. The molecule has 0 N–H and O–H groups in total. The number of hydrogen-bond acceptors (Lipinski definition) is 1. The van der Waals surface area contributed by atoms with Crippen LogP contribution in [-0.2, 0) is 0 Å². The Bertz CT molecular complexity index is 441. The predicted molar refractivity (Wildman–Crippen MR) is 77.7 cm³/mol. The molecular formula is C15H19BrFNO. The maximum absolute atomic E-state index is 13.4. The summed E-state index contributed by atoms with van der Waals surface area (Å²) in [5, 5.41) is 0. The Morgan fingerprint density at radius 3 is 2.89 bits per heavy atom. The van der Waals surface area contributed by atoms with Crippen LogP contribution in [0.1, 0.15) is 49.4 Å². The van der Waals surface area contributed by atoms with E-state index in [1.165, 1.54) is 18.6 Å². The Morgan fingerprint density at radius 2 is 2.21 bits per heavy atom. The number of carbonyl (C=O) groups excluding carboxylic acids is 1. The summed E-state index contributed by atoms with van der Waals surface area (Å²) < 4.78 is 14.0. The van der Waals surface area contributed by atoms with Gasteiger partial charge in [0.1, 0.15) is 5.82 Å². The lowest BCUT2D eigenvalue weighted by Gasteiger charge is -2.36. The van der Waals surface area contributed by atoms with E-state index >= 15 is 0 Å². The van der Waals surface area contributed by atoms with Crippen molar-refractivity contribution in [1.82, 2.24) is 4.90 Å². The molecule has 1 amide bonds. The van der Waals surface area contributed by atoms with Gasteiger partial charge in [-0.25, -0.2) is 4.39 Å². The quantitative estimate of drug-likeness (QED) is 0.806. The van der Waals surface area contributed by atoms with Gasteiger partial charge in [-0.3, -0.25) is 4.79 Å². The zero-order chi connectivity index (χ0) is 13.8. The van der Waals surface area contributed by atoms with E-state index in [0.717, 1.165) is 32.2 Å². The molecular weight excluding hydrogens is 309 g/mol. The van der Waals surface area contributed by atoms with Crippen molar-refractivity contribution in [3.05, 3.63) is 34.1 Å². The molecule has 1 aliphatic rings. The number of piperidine rings is 1. The van der Waals surface area contributed by atoms with E-state index in [1.54, 1.807) is 6.07 Å². The number of hydrogen-bond donors (Lipinski definition) is 0. The zero-order valence-corrected chi connectivity index (χ0v) is 12.7. The van der Waals surface area contributed by atoms with Crippen LogP contribution in [0.5, 0.6) is 0 Å². The summed E-state index contributed by atoms with van der Waals surface area (Å²) in [7, 11) is 0. The minimum Gasteiger partial charge on any atom is -0.336 e. The molecule has 0 aromatic heterocycles. The summed E-state index contributed by atoms with van der Waals surface area (Å²) in [6.45, 7) is 2.92. The predicted octanol–water partition coefficient (Wildman–Crippen LogP) is 4.38. The van der Waals surface area contributed by atoms with Crippen LogP contribution in [0, 0.1) is 5.82 Å². The summed E-state index contributed by atoms with van der Waals surface area (Å²) in [4.78, 5) is 14.5. The molecule has 1 aromatic rings. The van der Waals surface area contributed by atoms with Gasteiger partial charge >= 0.3 is 0 Å². The average Bonchev–Trinajstić information content (AvgIpc) is 2.38. The van der Waals surface area contributed by atoms with Gasteiger partial charge in [0.25, 0.3) is 5.91 Å². The number of rotatable bonds is 3. The number of nitrogens with zero attached hydrogens (tertiary/aromatic N) is 1. The van der Waals surface area contributed by atoms with Gasteiger partial charge in [0.2, 0.25) is 0 Å². The highest BCUT2D eigenvalue weighted by molar-refractivity contribution is 9.10. The SMILES string of the molecule is CCC[C@@H]1CCCCN1C(=O)c1cc(F)cc(Br)c1. The third-order valence-corrected chi connectivity index (χ3v) is 4.08. The maximum Gasteiger partial charge on any atom is 0.254 e. The van der Waals surface area contributed by atoms with E-state index in [1.807, 2.05) is 4.90 Å². The first-order valence-electron chi connectivity index (χ1n) is 6.89. The third kappa shape index (κ3) is 3.56. The molecule has 4 heteroatoms. The van der Waals surface area contributed by atoms with E-state index in [-0.39, 0.29) is 11.7 Å². The first-order chi connectivity index (χ1) is 9.11. The van der Waals surface area contributed by atoms with Gasteiger partial charge in [0.15, 0.2) is 0 Å². The van der Waals surface area contributed by atoms with Crippen LogP contribution in [0.15, 0.2) is 22.7 Å². The van der Waals surface area contributed by atoms with Crippen LogP contribution < -0.4 is 0 Å². The van der Waals surface area contributed by atoms with Crippen LogP contribution in [-0.4, -0.2) is 23.4 Å². The van der Waals surface area contributed by atoms with Crippen molar-refractivity contribution in [2.75, 3.05) is 6.54 Å². The minimum absolute atomic E-state index is 0.0432. The van der Waals surface area contributed by atoms with E-state index in [9.17, 15) is 9.18 Å². The van der Waals surface area contributed by atoms with Crippen molar-refractivity contribution < 1.29 is 9.18 Å². The molecule has 0 unspecified atom stereocenters. The van der Waals surface area contributed by atoms with Crippen molar-refractivity contribution >= 4 is 21.8 Å². The first-order valence-corrected chi connectivity index (χ1v) is 7.68. The van der Waals surface area contributed by atoms with E-state index in [0.29, 0.717) is 16.1 Å². The number of amides is 1. The number of likely N-dealkylation sites (tertiary alicyclic amines) is 1. The molecule has 2 nitrogen and oxygen atoms in total. The van der Waals surface area contributed by atoms with Crippen molar-refractivity contribution in [3.63, 3.8) is 0 Å². The van der Waals surface area contributed by atoms with E-state index < -0.39 is 0 Å². The summed E-state index contributed by atoms with van der Waals surface area (Å²) in [5.74, 6) is -0.417. The molecule has 1 saturated heterocycles. The number of halogens is 2. The van der Waals surface area contributed by atoms with Crippen LogP contribution in [0.4, 0.5) is 4.39 Å². The molecule has 0 radical (unpaired) electrons. The minimum atomic E-state index is -0.373. The molecule has 0 saturated carbocycles. The molecule has 104 valence electrons. The van der Waals surface area contributed by atoms with Crippen molar-refractivity contribution in [3.8, 4) is 0 Å². The second-order valence-electron chi connectivity index (χ2n) is 5.09. The molecule has 0 spiro atoms. The third-order valence-electron chi connectivity index (χ3n) is 3.62. The highest BCUT2D eigenvalue weighted by atomic mass is 79.9. The monoisotopic (exact) mass is 327 g/mol. The van der Waals surface area contributed by atoms with Gasteiger partial charge < -0.3 is 4.90 Å². The number of benzene rings is 1. The van der Waals surface area contributed by atoms with Crippen LogP contribution in [0.25, 0.3) is 0 Å². The average molecular weight is 328 g/mol. The lowest BCUT2D eigenvalue weighted by atomic mass is 9.97. The topological polar surface area (TPSA) is 20.3 Å². The lowest BCUT2D eigenvalue weighted by Crippen LogP contribution is -2.43. The van der Waals surface area contributed by atoms with Gasteiger partial charge in [-0.1, -0.05) is 29.3 Å².